The van der Waals surface area contributed by atoms with Gasteiger partial charge in [-0.2, -0.15) is 5.10 Å². The molecule has 0 amide bonds. The molecule has 1 N–H and O–H groups in total. The van der Waals surface area contributed by atoms with Crippen LogP contribution in [0.4, 0.5) is 11.4 Å². The van der Waals surface area contributed by atoms with Gasteiger partial charge in [0.25, 0.3) is 5.69 Å². The number of halogens is 1. The predicted molar refractivity (Wildman–Crippen MR) is 84.6 cm³/mol. The van der Waals surface area contributed by atoms with Crippen molar-refractivity contribution >= 4 is 33.5 Å². The Bertz CT molecular complexity index is 764. The lowest BCUT2D eigenvalue weighted by molar-refractivity contribution is -0.384. The average Bonchev–Trinajstić information content (AvgIpc) is 2.96. The summed E-state index contributed by atoms with van der Waals surface area (Å²) in [6, 6.07) is 9.75. The van der Waals surface area contributed by atoms with Gasteiger partial charge in [-0.05, 0) is 39.7 Å². The first-order valence-electron chi connectivity index (χ1n) is 6.26. The third-order valence-corrected chi connectivity index (χ3v) is 3.50. The number of nitrogens with one attached hydrogen (secondary N) is 1. The number of fused-ring (bicyclic) bond motifs is 1. The van der Waals surface area contributed by atoms with Crippen molar-refractivity contribution in [1.82, 2.24) is 0 Å². The van der Waals surface area contributed by atoms with Crippen LogP contribution in [0.25, 0.3) is 0 Å². The van der Waals surface area contributed by atoms with Crippen molar-refractivity contribution in [2.24, 2.45) is 5.10 Å². The van der Waals surface area contributed by atoms with E-state index in [1.807, 2.05) is 6.07 Å². The van der Waals surface area contributed by atoms with Crippen molar-refractivity contribution in [3.05, 3.63) is 56.5 Å². The number of nitro benzene ring substituents is 1. The zero-order valence-electron chi connectivity index (χ0n) is 11.2. The zero-order valence-corrected chi connectivity index (χ0v) is 12.7. The molecule has 0 spiro atoms. The van der Waals surface area contributed by atoms with Crippen molar-refractivity contribution in [3.63, 3.8) is 0 Å². The van der Waals surface area contributed by atoms with Crippen LogP contribution >= 0.6 is 15.9 Å². The molecule has 0 bridgehead atoms. The maximum atomic E-state index is 10.7. The number of hydrogen-bond donors (Lipinski definition) is 1. The first-order valence-corrected chi connectivity index (χ1v) is 7.05. The minimum absolute atomic E-state index is 0.00558. The van der Waals surface area contributed by atoms with Crippen molar-refractivity contribution in [2.75, 3.05) is 12.2 Å². The van der Waals surface area contributed by atoms with Crippen LogP contribution in [0.15, 0.2) is 46.0 Å². The van der Waals surface area contributed by atoms with E-state index in [2.05, 4.69) is 26.5 Å². The zero-order chi connectivity index (χ0) is 15.5. The second-order valence-electron chi connectivity index (χ2n) is 4.41. The van der Waals surface area contributed by atoms with Gasteiger partial charge in [-0.3, -0.25) is 15.5 Å². The number of non-ortho nitro benzene ring substituents is 1. The molecule has 1 aliphatic heterocycles. The van der Waals surface area contributed by atoms with Crippen LogP contribution in [0.3, 0.4) is 0 Å². The summed E-state index contributed by atoms with van der Waals surface area (Å²) >= 11 is 3.40. The highest BCUT2D eigenvalue weighted by Gasteiger charge is 2.17. The number of hydrogen-bond acceptors (Lipinski definition) is 6. The largest absolute Gasteiger partial charge is 0.454 e. The fourth-order valence-corrected chi connectivity index (χ4v) is 2.51. The highest BCUT2D eigenvalue weighted by Crippen LogP contribution is 2.39. The minimum atomic E-state index is -0.455. The molecule has 2 aromatic rings. The summed E-state index contributed by atoms with van der Waals surface area (Å²) in [5, 5.41) is 14.8. The van der Waals surface area contributed by atoms with E-state index >= 15 is 0 Å². The first-order chi connectivity index (χ1) is 10.6. The minimum Gasteiger partial charge on any atom is -0.454 e. The Morgan fingerprint density at radius 3 is 3.00 bits per heavy atom. The van der Waals surface area contributed by atoms with Gasteiger partial charge in [0.1, 0.15) is 0 Å². The highest BCUT2D eigenvalue weighted by atomic mass is 79.9. The van der Waals surface area contributed by atoms with Crippen molar-refractivity contribution in [3.8, 4) is 11.5 Å². The van der Waals surface area contributed by atoms with Gasteiger partial charge in [-0.1, -0.05) is 6.07 Å². The molecule has 0 unspecified atom stereocenters. The molecule has 7 nitrogen and oxygen atoms in total. The summed E-state index contributed by atoms with van der Waals surface area (Å²) in [7, 11) is 0. The molecule has 8 heteroatoms. The van der Waals surface area contributed by atoms with Gasteiger partial charge in [0.2, 0.25) is 6.79 Å². The molecule has 0 saturated carbocycles. The normalized spacial score (nSPS) is 12.6. The van der Waals surface area contributed by atoms with Crippen molar-refractivity contribution in [2.45, 2.75) is 0 Å². The van der Waals surface area contributed by atoms with Gasteiger partial charge in [-0.15, -0.1) is 0 Å². The van der Waals surface area contributed by atoms with E-state index < -0.39 is 4.92 Å². The number of nitrogens with zero attached hydrogens (tertiary/aromatic N) is 2. The highest BCUT2D eigenvalue weighted by molar-refractivity contribution is 9.10. The van der Waals surface area contributed by atoms with E-state index in [-0.39, 0.29) is 12.5 Å². The van der Waals surface area contributed by atoms with E-state index in [9.17, 15) is 10.1 Å². The van der Waals surface area contributed by atoms with Crippen LogP contribution in [0.5, 0.6) is 11.5 Å². The molecule has 0 atom stereocenters. The molecule has 112 valence electrons. The second kappa shape index (κ2) is 6.02. The Kier molecular flexibility index (Phi) is 3.92. The first kappa shape index (κ1) is 14.3. The van der Waals surface area contributed by atoms with E-state index in [1.54, 1.807) is 24.4 Å². The molecular formula is C14H10BrN3O4. The summed E-state index contributed by atoms with van der Waals surface area (Å²) in [5.74, 6) is 1.31. The average molecular weight is 364 g/mol. The van der Waals surface area contributed by atoms with Gasteiger partial charge in [0.15, 0.2) is 11.5 Å². The molecule has 0 aromatic heterocycles. The van der Waals surface area contributed by atoms with Gasteiger partial charge >= 0.3 is 0 Å². The van der Waals surface area contributed by atoms with Crippen molar-refractivity contribution in [1.29, 1.82) is 0 Å². The Morgan fingerprint density at radius 1 is 1.32 bits per heavy atom. The standard InChI is InChI=1S/C14H10BrN3O4/c15-12-4-9(5-13-14(12)22-8-21-13)7-16-17-10-2-1-3-11(6-10)18(19)20/h1-7,17H,8H2/b16-7-. The summed E-state index contributed by atoms with van der Waals surface area (Å²) in [6.45, 7) is 0.195. The Balaban J connectivity index is 1.74. The van der Waals surface area contributed by atoms with E-state index in [0.717, 1.165) is 10.0 Å². The Morgan fingerprint density at radius 2 is 2.18 bits per heavy atom. The number of hydrazone groups is 1. The maximum Gasteiger partial charge on any atom is 0.271 e. The molecule has 1 heterocycles. The molecular weight excluding hydrogens is 354 g/mol. The van der Waals surface area contributed by atoms with Crippen LogP contribution < -0.4 is 14.9 Å². The SMILES string of the molecule is O=[N+]([O-])c1cccc(N/N=C\c2cc(Br)c3c(c2)OCO3)c1. The monoisotopic (exact) mass is 363 g/mol. The molecule has 3 rings (SSSR count). The van der Waals surface area contributed by atoms with Crippen LogP contribution in [0, 0.1) is 10.1 Å². The fourth-order valence-electron chi connectivity index (χ4n) is 1.93. The lowest BCUT2D eigenvalue weighted by Crippen LogP contribution is -1.93. The van der Waals surface area contributed by atoms with E-state index in [0.29, 0.717) is 17.2 Å². The van der Waals surface area contributed by atoms with Crippen molar-refractivity contribution < 1.29 is 14.4 Å². The van der Waals surface area contributed by atoms with E-state index in [1.165, 1.54) is 12.1 Å². The van der Waals surface area contributed by atoms with Crippen LogP contribution in [-0.4, -0.2) is 17.9 Å². The third kappa shape index (κ3) is 3.01. The summed E-state index contributed by atoms with van der Waals surface area (Å²) < 4.78 is 11.4. The number of benzene rings is 2. The summed E-state index contributed by atoms with van der Waals surface area (Å²) in [4.78, 5) is 10.2. The van der Waals surface area contributed by atoms with Crippen LogP contribution in [0.2, 0.25) is 0 Å². The number of rotatable bonds is 4. The van der Waals surface area contributed by atoms with Gasteiger partial charge in [-0.25, -0.2) is 0 Å². The number of ether oxygens (including phenoxy) is 2. The maximum absolute atomic E-state index is 10.7. The topological polar surface area (TPSA) is 86.0 Å². The molecule has 0 saturated heterocycles. The second-order valence-corrected chi connectivity index (χ2v) is 5.27. The summed E-state index contributed by atoms with van der Waals surface area (Å²) in [6.07, 6.45) is 1.59. The van der Waals surface area contributed by atoms with Gasteiger partial charge in [0, 0.05) is 12.1 Å². The predicted octanol–water partition coefficient (Wildman–Crippen LogP) is 3.53. The number of anilines is 1. The van der Waals surface area contributed by atoms with E-state index in [4.69, 9.17) is 9.47 Å². The Hall–Kier alpha value is -2.61. The van der Waals surface area contributed by atoms with Gasteiger partial charge < -0.3 is 9.47 Å². The molecule has 22 heavy (non-hydrogen) atoms. The quantitative estimate of drug-likeness (QED) is 0.510. The van der Waals surface area contributed by atoms with Crippen LogP contribution in [0.1, 0.15) is 5.56 Å². The van der Waals surface area contributed by atoms with Crippen LogP contribution in [-0.2, 0) is 0 Å². The lowest BCUT2D eigenvalue weighted by atomic mass is 10.2. The lowest BCUT2D eigenvalue weighted by Gasteiger charge is -2.02. The molecule has 0 radical (unpaired) electrons. The third-order valence-electron chi connectivity index (χ3n) is 2.91. The molecule has 2 aromatic carbocycles. The Labute approximate surface area is 133 Å². The van der Waals surface area contributed by atoms with Gasteiger partial charge in [0.05, 0.1) is 21.3 Å². The molecule has 0 fully saturated rings. The molecule has 0 aliphatic carbocycles. The smallest absolute Gasteiger partial charge is 0.271 e. The number of nitro groups is 1. The summed E-state index contributed by atoms with van der Waals surface area (Å²) in [5.41, 5.74) is 4.09. The molecule has 1 aliphatic rings. The fraction of sp³-hybridized carbons (Fsp3) is 0.0714.